The summed E-state index contributed by atoms with van der Waals surface area (Å²) in [4.78, 5) is 24.5. The van der Waals surface area contributed by atoms with E-state index >= 15 is 0 Å². The van der Waals surface area contributed by atoms with Crippen molar-refractivity contribution >= 4 is 35.2 Å². The molecule has 2 aromatic carbocycles. The maximum atomic E-state index is 12.3. The summed E-state index contributed by atoms with van der Waals surface area (Å²) < 4.78 is 12.6. The molecule has 31 heavy (non-hydrogen) atoms. The molecule has 0 saturated carbocycles. The number of benzene rings is 2. The lowest BCUT2D eigenvalue weighted by atomic mass is 10.2. The second-order valence-corrected chi connectivity index (χ2v) is 7.92. The topological polar surface area (TPSA) is 107 Å². The maximum Gasteiger partial charge on any atom is 0.269 e. The van der Waals surface area contributed by atoms with Crippen LogP contribution in [0.2, 0.25) is 5.02 Å². The Bertz CT molecular complexity index is 1140. The van der Waals surface area contributed by atoms with Gasteiger partial charge in [0.1, 0.15) is 19.5 Å². The third-order valence-corrected chi connectivity index (χ3v) is 5.75. The number of carbonyl (C=O) groups excluding carboxylic acids is 2. The van der Waals surface area contributed by atoms with Crippen LogP contribution in [0.1, 0.15) is 15.9 Å². The van der Waals surface area contributed by atoms with E-state index in [2.05, 4.69) is 21.0 Å². The molecule has 0 saturated heterocycles. The molecule has 160 valence electrons. The van der Waals surface area contributed by atoms with E-state index in [0.717, 1.165) is 11.3 Å². The first-order chi connectivity index (χ1) is 15.0. The number of fused-ring (bicyclic) bond motifs is 1. The summed E-state index contributed by atoms with van der Waals surface area (Å²) in [5, 5.41) is 9.09. The molecular formula is C20H18ClN5O4S. The molecule has 2 heterocycles. The average Bonchev–Trinajstić information content (AvgIpc) is 3.26. The molecule has 0 aliphatic carbocycles. The van der Waals surface area contributed by atoms with Crippen LogP contribution in [0, 0.1) is 6.92 Å². The van der Waals surface area contributed by atoms with Gasteiger partial charge in [-0.15, -0.1) is 10.2 Å². The summed E-state index contributed by atoms with van der Waals surface area (Å²) >= 11 is 7.37. The van der Waals surface area contributed by atoms with Crippen molar-refractivity contribution in [1.29, 1.82) is 0 Å². The molecular weight excluding hydrogens is 442 g/mol. The second-order valence-electron chi connectivity index (χ2n) is 6.57. The highest BCUT2D eigenvalue weighted by Crippen LogP contribution is 2.30. The van der Waals surface area contributed by atoms with Crippen molar-refractivity contribution in [2.75, 3.05) is 19.0 Å². The van der Waals surface area contributed by atoms with Crippen LogP contribution in [-0.4, -0.2) is 45.5 Å². The van der Waals surface area contributed by atoms with Crippen LogP contribution in [0.25, 0.3) is 5.69 Å². The molecule has 1 aliphatic heterocycles. The van der Waals surface area contributed by atoms with E-state index in [9.17, 15) is 9.59 Å². The van der Waals surface area contributed by atoms with Gasteiger partial charge in [0.15, 0.2) is 16.7 Å². The third-order valence-electron chi connectivity index (χ3n) is 4.40. The van der Waals surface area contributed by atoms with Crippen molar-refractivity contribution in [2.45, 2.75) is 12.1 Å². The molecule has 2 N–H and O–H groups in total. The lowest BCUT2D eigenvalue weighted by Gasteiger charge is -2.18. The molecule has 11 heteroatoms. The summed E-state index contributed by atoms with van der Waals surface area (Å²) in [6, 6.07) is 10.4. The number of amides is 2. The quantitative estimate of drug-likeness (QED) is 0.446. The molecule has 0 fully saturated rings. The van der Waals surface area contributed by atoms with Crippen molar-refractivity contribution < 1.29 is 19.1 Å². The largest absolute Gasteiger partial charge is 0.486 e. The number of aromatic nitrogens is 3. The molecule has 0 atom stereocenters. The number of hydrogen-bond acceptors (Lipinski definition) is 7. The minimum Gasteiger partial charge on any atom is -0.486 e. The lowest BCUT2D eigenvalue weighted by molar-refractivity contribution is -0.119. The van der Waals surface area contributed by atoms with Crippen LogP contribution in [0.5, 0.6) is 11.5 Å². The molecule has 3 aromatic rings. The van der Waals surface area contributed by atoms with Gasteiger partial charge in [0.25, 0.3) is 5.91 Å². The van der Waals surface area contributed by atoms with Crippen LogP contribution in [0.4, 0.5) is 0 Å². The predicted octanol–water partition coefficient (Wildman–Crippen LogP) is 2.55. The highest BCUT2D eigenvalue weighted by molar-refractivity contribution is 7.99. The van der Waals surface area contributed by atoms with E-state index in [1.54, 1.807) is 35.2 Å². The van der Waals surface area contributed by atoms with Gasteiger partial charge in [-0.05, 0) is 42.8 Å². The smallest absolute Gasteiger partial charge is 0.269 e. The summed E-state index contributed by atoms with van der Waals surface area (Å²) in [5.41, 5.74) is 6.86. The fourth-order valence-electron chi connectivity index (χ4n) is 2.78. The first kappa shape index (κ1) is 21.0. The molecule has 0 spiro atoms. The number of nitrogens with zero attached hydrogens (tertiary/aromatic N) is 3. The first-order valence-corrected chi connectivity index (χ1v) is 10.7. The number of nitrogens with one attached hydrogen (secondary N) is 2. The zero-order chi connectivity index (χ0) is 21.8. The number of aryl methyl sites for hydroxylation is 1. The fraction of sp³-hybridized carbons (Fsp3) is 0.200. The summed E-state index contributed by atoms with van der Waals surface area (Å²) in [7, 11) is 0. The van der Waals surface area contributed by atoms with Gasteiger partial charge in [0, 0.05) is 10.6 Å². The Hall–Kier alpha value is -3.24. The Morgan fingerprint density at radius 2 is 1.94 bits per heavy atom. The first-order valence-electron chi connectivity index (χ1n) is 9.29. The van der Waals surface area contributed by atoms with Crippen LogP contribution in [0.3, 0.4) is 0 Å². The van der Waals surface area contributed by atoms with Crippen molar-refractivity contribution in [3.05, 3.63) is 58.9 Å². The Balaban J connectivity index is 1.32. The summed E-state index contributed by atoms with van der Waals surface area (Å²) in [6.45, 7) is 2.81. The highest BCUT2D eigenvalue weighted by atomic mass is 35.5. The Morgan fingerprint density at radius 1 is 1.13 bits per heavy atom. The fourth-order valence-corrected chi connectivity index (χ4v) is 3.68. The number of hydrogen-bond donors (Lipinski definition) is 2. The van der Waals surface area contributed by atoms with Gasteiger partial charge < -0.3 is 9.47 Å². The predicted molar refractivity (Wildman–Crippen MR) is 115 cm³/mol. The lowest BCUT2D eigenvalue weighted by Crippen LogP contribution is -2.42. The van der Waals surface area contributed by atoms with Crippen LogP contribution in [0.15, 0.2) is 47.9 Å². The number of halogens is 1. The standard InChI is InChI=1S/C20H18ClN5O4S/c1-12-2-4-14(9-15(12)21)26-11-22-25-20(26)31-10-18(27)23-24-19(28)13-3-5-16-17(8-13)30-7-6-29-16/h2-5,8-9,11H,6-7,10H2,1H3,(H,23,27)(H,24,28). The molecule has 1 aliphatic rings. The van der Waals surface area contributed by atoms with Crippen molar-refractivity contribution in [2.24, 2.45) is 0 Å². The summed E-state index contributed by atoms with van der Waals surface area (Å²) in [6.07, 6.45) is 1.55. The van der Waals surface area contributed by atoms with E-state index in [-0.39, 0.29) is 5.75 Å². The van der Waals surface area contributed by atoms with E-state index in [4.69, 9.17) is 21.1 Å². The number of carbonyl (C=O) groups is 2. The third kappa shape index (κ3) is 4.92. The van der Waals surface area contributed by atoms with Gasteiger partial charge in [0.05, 0.1) is 11.4 Å². The number of thioether (sulfide) groups is 1. The highest BCUT2D eigenvalue weighted by Gasteiger charge is 2.16. The number of rotatable bonds is 5. The van der Waals surface area contributed by atoms with Crippen molar-refractivity contribution in [3.8, 4) is 17.2 Å². The zero-order valence-corrected chi connectivity index (χ0v) is 18.0. The maximum absolute atomic E-state index is 12.3. The van der Waals surface area contributed by atoms with Crippen molar-refractivity contribution in [3.63, 3.8) is 0 Å². The molecule has 1 aromatic heterocycles. The van der Waals surface area contributed by atoms with Gasteiger partial charge in [-0.2, -0.15) is 0 Å². The Morgan fingerprint density at radius 3 is 2.74 bits per heavy atom. The van der Waals surface area contributed by atoms with E-state index in [0.29, 0.717) is 40.5 Å². The monoisotopic (exact) mass is 459 g/mol. The molecule has 9 nitrogen and oxygen atoms in total. The van der Waals surface area contributed by atoms with E-state index in [1.165, 1.54) is 11.8 Å². The summed E-state index contributed by atoms with van der Waals surface area (Å²) in [5.74, 6) is 0.249. The molecule has 0 unspecified atom stereocenters. The van der Waals surface area contributed by atoms with Crippen LogP contribution in [-0.2, 0) is 4.79 Å². The Labute approximate surface area is 187 Å². The second kappa shape index (κ2) is 9.27. The minimum atomic E-state index is -0.465. The molecule has 2 amide bonds. The van der Waals surface area contributed by atoms with Crippen LogP contribution >= 0.6 is 23.4 Å². The van der Waals surface area contributed by atoms with E-state index in [1.807, 2.05) is 19.1 Å². The SMILES string of the molecule is Cc1ccc(-n2cnnc2SCC(=O)NNC(=O)c2ccc3c(c2)OCCO3)cc1Cl. The molecule has 0 bridgehead atoms. The average molecular weight is 460 g/mol. The van der Waals surface area contributed by atoms with Crippen molar-refractivity contribution in [1.82, 2.24) is 25.6 Å². The molecule has 4 rings (SSSR count). The van der Waals surface area contributed by atoms with E-state index < -0.39 is 11.8 Å². The van der Waals surface area contributed by atoms with Gasteiger partial charge in [-0.25, -0.2) is 0 Å². The normalized spacial score (nSPS) is 12.3. The van der Waals surface area contributed by atoms with Gasteiger partial charge >= 0.3 is 0 Å². The van der Waals surface area contributed by atoms with Crippen LogP contribution < -0.4 is 20.3 Å². The van der Waals surface area contributed by atoms with Gasteiger partial charge in [0.2, 0.25) is 5.91 Å². The molecule has 0 radical (unpaired) electrons. The zero-order valence-electron chi connectivity index (χ0n) is 16.4. The minimum absolute atomic E-state index is 0.0275. The number of hydrazine groups is 1. The van der Waals surface area contributed by atoms with Gasteiger partial charge in [-0.1, -0.05) is 29.4 Å². The van der Waals surface area contributed by atoms with Gasteiger partial charge in [-0.3, -0.25) is 25.0 Å². The Kier molecular flexibility index (Phi) is 6.28. The number of ether oxygens (including phenoxy) is 2.